The lowest BCUT2D eigenvalue weighted by molar-refractivity contribution is -0.130. The fourth-order valence-corrected chi connectivity index (χ4v) is 4.19. The second-order valence-electron chi connectivity index (χ2n) is 8.15. The highest BCUT2D eigenvalue weighted by atomic mass is 16.5. The number of nitrogens with one attached hydrogen (secondary N) is 1. The highest BCUT2D eigenvalue weighted by molar-refractivity contribution is 5.89. The molecule has 1 N–H and O–H groups in total. The van der Waals surface area contributed by atoms with Crippen molar-refractivity contribution >= 4 is 23.5 Å². The first-order valence-corrected chi connectivity index (χ1v) is 10.6. The number of esters is 1. The zero-order chi connectivity index (χ0) is 21.7. The Morgan fingerprint density at radius 3 is 2.30 bits per heavy atom. The van der Waals surface area contributed by atoms with Gasteiger partial charge in [-0.15, -0.1) is 0 Å². The van der Waals surface area contributed by atoms with Crippen molar-refractivity contribution in [3.8, 4) is 0 Å². The summed E-state index contributed by atoms with van der Waals surface area (Å²) in [6, 6.07) is 7.83. The van der Waals surface area contributed by atoms with Crippen LogP contribution < -0.4 is 10.2 Å². The molecule has 2 fully saturated rings. The van der Waals surface area contributed by atoms with E-state index >= 15 is 0 Å². The molecule has 1 aromatic rings. The molecule has 0 saturated carbocycles. The minimum atomic E-state index is -0.335. The van der Waals surface area contributed by atoms with E-state index in [1.807, 2.05) is 17.0 Å². The quantitative estimate of drug-likeness (QED) is 0.725. The number of amides is 2. The van der Waals surface area contributed by atoms with Crippen LogP contribution in [0.2, 0.25) is 0 Å². The van der Waals surface area contributed by atoms with Crippen molar-refractivity contribution in [1.29, 1.82) is 0 Å². The van der Waals surface area contributed by atoms with Gasteiger partial charge in [-0.05, 0) is 44.0 Å². The van der Waals surface area contributed by atoms with Gasteiger partial charge in [0.25, 0.3) is 0 Å². The first kappa shape index (κ1) is 22.1. The Morgan fingerprint density at radius 1 is 1.07 bits per heavy atom. The highest BCUT2D eigenvalue weighted by Gasteiger charge is 2.27. The number of piperidine rings is 1. The molecule has 2 aliphatic heterocycles. The molecule has 0 radical (unpaired) electrons. The predicted octanol–water partition coefficient (Wildman–Crippen LogP) is 1.11. The molecule has 3 rings (SSSR count). The summed E-state index contributed by atoms with van der Waals surface area (Å²) < 4.78 is 4.75. The van der Waals surface area contributed by atoms with Gasteiger partial charge in [0, 0.05) is 57.4 Å². The number of benzene rings is 1. The predicted molar refractivity (Wildman–Crippen MR) is 114 cm³/mol. The number of methoxy groups -OCH3 is 1. The third-order valence-corrected chi connectivity index (χ3v) is 6.07. The third kappa shape index (κ3) is 5.50. The average Bonchev–Trinajstić information content (AvgIpc) is 2.75. The molecule has 1 aromatic carbocycles. The molecule has 8 heteroatoms. The number of likely N-dealkylation sites (tertiary alicyclic amines) is 1. The lowest BCUT2D eigenvalue weighted by atomic mass is 10.0. The lowest BCUT2D eigenvalue weighted by Crippen LogP contribution is -2.55. The van der Waals surface area contributed by atoms with E-state index < -0.39 is 0 Å². The number of ether oxygens (including phenoxy) is 1. The van der Waals surface area contributed by atoms with E-state index in [9.17, 15) is 14.4 Å². The van der Waals surface area contributed by atoms with Crippen molar-refractivity contribution in [1.82, 2.24) is 15.1 Å². The molecule has 0 bridgehead atoms. The molecule has 2 heterocycles. The molecule has 2 aliphatic rings. The molecule has 8 nitrogen and oxygen atoms in total. The normalized spacial score (nSPS) is 20.7. The second-order valence-corrected chi connectivity index (χ2v) is 8.15. The second kappa shape index (κ2) is 9.93. The summed E-state index contributed by atoms with van der Waals surface area (Å²) in [7, 11) is 1.38. The maximum Gasteiger partial charge on any atom is 0.337 e. The van der Waals surface area contributed by atoms with Crippen LogP contribution in [0.25, 0.3) is 0 Å². The molecular weight excluding hydrogens is 384 g/mol. The van der Waals surface area contributed by atoms with E-state index in [0.29, 0.717) is 25.2 Å². The Balaban J connectivity index is 1.45. The lowest BCUT2D eigenvalue weighted by Gasteiger charge is -2.41. The summed E-state index contributed by atoms with van der Waals surface area (Å²) in [4.78, 5) is 41.9. The van der Waals surface area contributed by atoms with Gasteiger partial charge in [-0.3, -0.25) is 14.5 Å². The van der Waals surface area contributed by atoms with Crippen molar-refractivity contribution in [3.05, 3.63) is 29.8 Å². The van der Waals surface area contributed by atoms with Crippen molar-refractivity contribution in [3.63, 3.8) is 0 Å². The monoisotopic (exact) mass is 416 g/mol. The topological polar surface area (TPSA) is 82.2 Å². The van der Waals surface area contributed by atoms with E-state index in [4.69, 9.17) is 4.74 Å². The van der Waals surface area contributed by atoms with Gasteiger partial charge in [0.2, 0.25) is 11.8 Å². The van der Waals surface area contributed by atoms with E-state index in [0.717, 1.165) is 38.2 Å². The number of hydrogen-bond acceptors (Lipinski definition) is 6. The van der Waals surface area contributed by atoms with E-state index in [-0.39, 0.29) is 29.9 Å². The summed E-state index contributed by atoms with van der Waals surface area (Å²) in [5, 5.41) is 3.14. The summed E-state index contributed by atoms with van der Waals surface area (Å²) >= 11 is 0. The summed E-state index contributed by atoms with van der Waals surface area (Å²) in [6.07, 6.45) is 1.63. The van der Waals surface area contributed by atoms with Crippen LogP contribution in [-0.2, 0) is 14.3 Å². The number of hydrogen-bond donors (Lipinski definition) is 1. The molecular formula is C22H32N4O4. The van der Waals surface area contributed by atoms with Crippen LogP contribution in [0.5, 0.6) is 0 Å². The Kier molecular flexibility index (Phi) is 7.31. The maximum absolute atomic E-state index is 12.5. The molecule has 2 amide bonds. The third-order valence-electron chi connectivity index (χ3n) is 6.07. The fraction of sp³-hybridized carbons (Fsp3) is 0.591. The zero-order valence-corrected chi connectivity index (χ0v) is 18.1. The van der Waals surface area contributed by atoms with Gasteiger partial charge >= 0.3 is 5.97 Å². The SMILES string of the molecule is COC(=O)c1ccc(N2CCN(CC(=O)NC3CCN(C(C)=O)CC3)C(C)C2)cc1. The first-order valence-electron chi connectivity index (χ1n) is 10.6. The van der Waals surface area contributed by atoms with E-state index in [1.54, 1.807) is 19.1 Å². The summed E-state index contributed by atoms with van der Waals surface area (Å²) in [5.74, 6) is -0.178. The Labute approximate surface area is 178 Å². The van der Waals surface area contributed by atoms with Crippen LogP contribution in [0.1, 0.15) is 37.0 Å². The molecule has 164 valence electrons. The van der Waals surface area contributed by atoms with Gasteiger partial charge in [0.05, 0.1) is 19.2 Å². The van der Waals surface area contributed by atoms with Crippen LogP contribution >= 0.6 is 0 Å². The molecule has 2 saturated heterocycles. The molecule has 1 unspecified atom stereocenters. The van der Waals surface area contributed by atoms with Gasteiger partial charge in [-0.2, -0.15) is 0 Å². The van der Waals surface area contributed by atoms with Gasteiger partial charge in [-0.25, -0.2) is 4.79 Å². The van der Waals surface area contributed by atoms with Gasteiger partial charge in [0.15, 0.2) is 0 Å². The van der Waals surface area contributed by atoms with Crippen molar-refractivity contribution < 1.29 is 19.1 Å². The molecule has 0 aliphatic carbocycles. The van der Waals surface area contributed by atoms with E-state index in [1.165, 1.54) is 7.11 Å². The van der Waals surface area contributed by atoms with Crippen LogP contribution in [-0.4, -0.2) is 86.0 Å². The number of piperazine rings is 1. The zero-order valence-electron chi connectivity index (χ0n) is 18.1. The maximum atomic E-state index is 12.5. The molecule has 0 aromatic heterocycles. The van der Waals surface area contributed by atoms with Crippen molar-refractivity contribution in [2.75, 3.05) is 51.3 Å². The fourth-order valence-electron chi connectivity index (χ4n) is 4.19. The van der Waals surface area contributed by atoms with Crippen LogP contribution in [0, 0.1) is 0 Å². The first-order chi connectivity index (χ1) is 14.4. The smallest absolute Gasteiger partial charge is 0.337 e. The largest absolute Gasteiger partial charge is 0.465 e. The highest BCUT2D eigenvalue weighted by Crippen LogP contribution is 2.20. The average molecular weight is 417 g/mol. The number of carbonyl (C=O) groups is 3. The Morgan fingerprint density at radius 2 is 1.73 bits per heavy atom. The van der Waals surface area contributed by atoms with E-state index in [2.05, 4.69) is 22.0 Å². The van der Waals surface area contributed by atoms with Crippen molar-refractivity contribution in [2.45, 2.75) is 38.8 Å². The number of nitrogens with zero attached hydrogens (tertiary/aromatic N) is 3. The van der Waals surface area contributed by atoms with Crippen LogP contribution in [0.3, 0.4) is 0 Å². The summed E-state index contributed by atoms with van der Waals surface area (Å²) in [5.41, 5.74) is 1.61. The number of carbonyl (C=O) groups excluding carboxylic acids is 3. The minimum Gasteiger partial charge on any atom is -0.465 e. The van der Waals surface area contributed by atoms with Crippen LogP contribution in [0.15, 0.2) is 24.3 Å². The minimum absolute atomic E-state index is 0.0546. The molecule has 0 spiro atoms. The standard InChI is InChI=1S/C22H32N4O4/c1-16-14-26(20-6-4-18(5-7-20)22(29)30-3)13-12-25(16)15-21(28)23-19-8-10-24(11-9-19)17(2)27/h4-7,16,19H,8-15H2,1-3H3,(H,23,28). The van der Waals surface area contributed by atoms with Gasteiger partial charge in [0.1, 0.15) is 0 Å². The van der Waals surface area contributed by atoms with Gasteiger partial charge in [-0.1, -0.05) is 0 Å². The van der Waals surface area contributed by atoms with Crippen molar-refractivity contribution in [2.24, 2.45) is 0 Å². The Hall–Kier alpha value is -2.61. The van der Waals surface area contributed by atoms with Gasteiger partial charge < -0.3 is 19.9 Å². The number of rotatable bonds is 5. The molecule has 1 atom stereocenters. The number of anilines is 1. The van der Waals surface area contributed by atoms with Crippen LogP contribution in [0.4, 0.5) is 5.69 Å². The Bertz CT molecular complexity index is 759. The molecule has 30 heavy (non-hydrogen) atoms. The summed E-state index contributed by atoms with van der Waals surface area (Å²) in [6.45, 7) is 7.99.